The molecule has 4 rings (SSSR count). The lowest BCUT2D eigenvalue weighted by atomic mass is 9.99. The smallest absolute Gasteiger partial charge is 0.308 e. The van der Waals surface area contributed by atoms with Gasteiger partial charge in [0.2, 0.25) is 0 Å². The molecule has 4 nitrogen and oxygen atoms in total. The third-order valence-electron chi connectivity index (χ3n) is 5.10. The van der Waals surface area contributed by atoms with E-state index in [-0.39, 0.29) is 18.2 Å². The molecule has 0 amide bonds. The Kier molecular flexibility index (Phi) is 5.25. The SMILES string of the molecule is CCOC(=O)CC1OCCc2c1n(-c1ccccc1)c1c(F)cc(C)c(Br)c21. The first-order valence-electron chi connectivity index (χ1n) is 9.37. The molecule has 0 bridgehead atoms. The molecule has 0 aliphatic carbocycles. The quantitative estimate of drug-likeness (QED) is 0.504. The first-order chi connectivity index (χ1) is 13.5. The Balaban J connectivity index is 2.02. The van der Waals surface area contributed by atoms with Crippen molar-refractivity contribution >= 4 is 32.8 Å². The number of ether oxygens (including phenoxy) is 2. The average Bonchev–Trinajstić information content (AvgIpc) is 3.04. The van der Waals surface area contributed by atoms with Gasteiger partial charge in [0.15, 0.2) is 0 Å². The number of carbonyl (C=O) groups is 1. The predicted octanol–water partition coefficient (Wildman–Crippen LogP) is 5.41. The summed E-state index contributed by atoms with van der Waals surface area (Å²) in [5.41, 5.74) is 4.03. The minimum absolute atomic E-state index is 0.0994. The molecule has 0 saturated heterocycles. The summed E-state index contributed by atoms with van der Waals surface area (Å²) in [5, 5.41) is 0.855. The predicted molar refractivity (Wildman–Crippen MR) is 109 cm³/mol. The van der Waals surface area contributed by atoms with Gasteiger partial charge in [-0.3, -0.25) is 4.79 Å². The number of aryl methyl sites for hydroxylation is 1. The van der Waals surface area contributed by atoms with Gasteiger partial charge in [0, 0.05) is 15.5 Å². The summed E-state index contributed by atoms with van der Waals surface area (Å²) < 4.78 is 29.1. The van der Waals surface area contributed by atoms with Crippen LogP contribution < -0.4 is 0 Å². The zero-order chi connectivity index (χ0) is 19.8. The van der Waals surface area contributed by atoms with Gasteiger partial charge in [-0.2, -0.15) is 0 Å². The van der Waals surface area contributed by atoms with E-state index in [1.54, 1.807) is 13.0 Å². The average molecular weight is 446 g/mol. The number of benzene rings is 2. The van der Waals surface area contributed by atoms with E-state index in [0.29, 0.717) is 25.2 Å². The molecule has 0 spiro atoms. The van der Waals surface area contributed by atoms with Gasteiger partial charge in [0.05, 0.1) is 30.8 Å². The van der Waals surface area contributed by atoms with E-state index in [9.17, 15) is 4.79 Å². The molecular weight excluding hydrogens is 425 g/mol. The number of para-hydroxylation sites is 1. The van der Waals surface area contributed by atoms with Crippen molar-refractivity contribution in [1.29, 1.82) is 0 Å². The number of hydrogen-bond donors (Lipinski definition) is 0. The molecule has 1 aliphatic rings. The molecule has 3 aromatic rings. The number of halogens is 2. The zero-order valence-electron chi connectivity index (χ0n) is 15.8. The standard InChI is InChI=1S/C22H21BrFNO3/c1-3-27-18(26)12-17-21-15(9-10-28-17)19-20(23)13(2)11-16(24)22(19)25(21)14-7-5-4-6-8-14/h4-8,11,17H,3,9-10,12H2,1-2H3. The summed E-state index contributed by atoms with van der Waals surface area (Å²) in [7, 11) is 0. The summed E-state index contributed by atoms with van der Waals surface area (Å²) in [6.45, 7) is 4.46. The van der Waals surface area contributed by atoms with Gasteiger partial charge in [0.25, 0.3) is 0 Å². The van der Waals surface area contributed by atoms with Crippen molar-refractivity contribution in [3.63, 3.8) is 0 Å². The Hall–Kier alpha value is -2.18. The van der Waals surface area contributed by atoms with E-state index in [4.69, 9.17) is 9.47 Å². The second-order valence-electron chi connectivity index (χ2n) is 6.87. The molecule has 0 radical (unpaired) electrons. The molecule has 1 atom stereocenters. The van der Waals surface area contributed by atoms with Crippen LogP contribution in [0.5, 0.6) is 0 Å². The molecule has 1 unspecified atom stereocenters. The lowest BCUT2D eigenvalue weighted by Crippen LogP contribution is -2.22. The third kappa shape index (κ3) is 3.14. The van der Waals surface area contributed by atoms with Gasteiger partial charge in [-0.1, -0.05) is 18.2 Å². The number of aromatic nitrogens is 1. The highest BCUT2D eigenvalue weighted by atomic mass is 79.9. The van der Waals surface area contributed by atoms with Crippen LogP contribution in [0.15, 0.2) is 40.9 Å². The van der Waals surface area contributed by atoms with Crippen LogP contribution in [0.4, 0.5) is 4.39 Å². The highest BCUT2D eigenvalue weighted by Gasteiger charge is 2.33. The summed E-state index contributed by atoms with van der Waals surface area (Å²) in [5.74, 6) is -0.607. The van der Waals surface area contributed by atoms with Gasteiger partial charge in [-0.15, -0.1) is 0 Å². The minimum atomic E-state index is -0.484. The summed E-state index contributed by atoms with van der Waals surface area (Å²) in [6, 6.07) is 11.2. The monoisotopic (exact) mass is 445 g/mol. The third-order valence-corrected chi connectivity index (χ3v) is 6.12. The van der Waals surface area contributed by atoms with Crippen LogP contribution in [0.2, 0.25) is 0 Å². The van der Waals surface area contributed by atoms with Crippen LogP contribution >= 0.6 is 15.9 Å². The fourth-order valence-corrected chi connectivity index (χ4v) is 4.51. The van der Waals surface area contributed by atoms with Gasteiger partial charge in [-0.05, 0) is 65.5 Å². The van der Waals surface area contributed by atoms with Crippen molar-refractivity contribution in [2.24, 2.45) is 0 Å². The first kappa shape index (κ1) is 19.2. The van der Waals surface area contributed by atoms with Gasteiger partial charge < -0.3 is 14.0 Å². The highest BCUT2D eigenvalue weighted by molar-refractivity contribution is 9.10. The van der Waals surface area contributed by atoms with Crippen LogP contribution in [0.1, 0.15) is 36.3 Å². The lowest BCUT2D eigenvalue weighted by molar-refractivity contribution is -0.146. The molecule has 0 N–H and O–H groups in total. The van der Waals surface area contributed by atoms with E-state index in [1.807, 2.05) is 41.8 Å². The van der Waals surface area contributed by atoms with Crippen molar-refractivity contribution in [3.05, 3.63) is 63.5 Å². The Morgan fingerprint density at radius 3 is 2.82 bits per heavy atom. The topological polar surface area (TPSA) is 40.5 Å². The molecule has 1 aliphatic heterocycles. The lowest BCUT2D eigenvalue weighted by Gasteiger charge is -2.25. The van der Waals surface area contributed by atoms with Crippen LogP contribution in [0.25, 0.3) is 16.6 Å². The van der Waals surface area contributed by atoms with E-state index in [2.05, 4.69) is 15.9 Å². The van der Waals surface area contributed by atoms with Gasteiger partial charge >= 0.3 is 5.97 Å². The van der Waals surface area contributed by atoms with E-state index in [0.717, 1.165) is 32.4 Å². The number of nitrogens with zero attached hydrogens (tertiary/aromatic N) is 1. The fraction of sp³-hybridized carbons (Fsp3) is 0.318. The minimum Gasteiger partial charge on any atom is -0.466 e. The molecular formula is C22H21BrFNO3. The van der Waals surface area contributed by atoms with Crippen LogP contribution in [-0.2, 0) is 20.7 Å². The number of hydrogen-bond acceptors (Lipinski definition) is 3. The number of carbonyl (C=O) groups excluding carboxylic acids is 1. The molecule has 6 heteroatoms. The molecule has 0 fully saturated rings. The number of rotatable bonds is 4. The largest absolute Gasteiger partial charge is 0.466 e. The summed E-state index contributed by atoms with van der Waals surface area (Å²) >= 11 is 3.66. The molecule has 2 heterocycles. The van der Waals surface area contributed by atoms with Crippen molar-refractivity contribution in [1.82, 2.24) is 4.57 Å². The second kappa shape index (κ2) is 7.68. The van der Waals surface area contributed by atoms with E-state index in [1.165, 1.54) is 0 Å². The van der Waals surface area contributed by atoms with Crippen LogP contribution in [-0.4, -0.2) is 23.8 Å². The maximum atomic E-state index is 15.2. The number of fused-ring (bicyclic) bond motifs is 3. The Labute approximate surface area is 171 Å². The Morgan fingerprint density at radius 1 is 1.36 bits per heavy atom. The maximum Gasteiger partial charge on any atom is 0.308 e. The Morgan fingerprint density at radius 2 is 2.11 bits per heavy atom. The summed E-state index contributed by atoms with van der Waals surface area (Å²) in [4.78, 5) is 12.2. The number of esters is 1. The zero-order valence-corrected chi connectivity index (χ0v) is 17.4. The molecule has 2 aromatic carbocycles. The van der Waals surface area contributed by atoms with E-state index < -0.39 is 6.10 Å². The first-order valence-corrected chi connectivity index (χ1v) is 10.2. The van der Waals surface area contributed by atoms with Gasteiger partial charge in [0.1, 0.15) is 11.9 Å². The van der Waals surface area contributed by atoms with Gasteiger partial charge in [-0.25, -0.2) is 4.39 Å². The fourth-order valence-electron chi connectivity index (χ4n) is 3.97. The summed E-state index contributed by atoms with van der Waals surface area (Å²) in [6.07, 6.45) is 0.274. The highest BCUT2D eigenvalue weighted by Crippen LogP contribution is 2.43. The van der Waals surface area contributed by atoms with Crippen LogP contribution in [0.3, 0.4) is 0 Å². The molecule has 146 valence electrons. The normalized spacial score (nSPS) is 16.2. The van der Waals surface area contributed by atoms with Crippen molar-refractivity contribution < 1.29 is 18.7 Å². The molecule has 28 heavy (non-hydrogen) atoms. The van der Waals surface area contributed by atoms with Crippen molar-refractivity contribution in [2.75, 3.05) is 13.2 Å². The Bertz CT molecular complexity index is 1050. The maximum absolute atomic E-state index is 15.2. The van der Waals surface area contributed by atoms with Crippen molar-refractivity contribution in [3.8, 4) is 5.69 Å². The second-order valence-corrected chi connectivity index (χ2v) is 7.66. The van der Waals surface area contributed by atoms with E-state index >= 15 is 4.39 Å². The molecule has 0 saturated carbocycles. The van der Waals surface area contributed by atoms with Crippen LogP contribution in [0, 0.1) is 12.7 Å². The molecule has 1 aromatic heterocycles. The van der Waals surface area contributed by atoms with Crippen molar-refractivity contribution in [2.45, 2.75) is 32.8 Å².